The summed E-state index contributed by atoms with van der Waals surface area (Å²) in [5.74, 6) is 2.50. The number of thioether (sulfide) groups is 1. The monoisotopic (exact) mass is 187 g/mol. The van der Waals surface area contributed by atoms with Crippen LogP contribution in [0, 0.1) is 0 Å². The molecule has 2 fully saturated rings. The Balaban J connectivity index is 2.04. The second-order valence-electron chi connectivity index (χ2n) is 3.75. The summed E-state index contributed by atoms with van der Waals surface area (Å²) in [6, 6.07) is 0.541. The fourth-order valence-electron chi connectivity index (χ4n) is 2.09. The Morgan fingerprint density at radius 2 is 2.50 bits per heavy atom. The minimum atomic E-state index is 0.168. The van der Waals surface area contributed by atoms with Crippen LogP contribution in [0.25, 0.3) is 0 Å². The summed E-state index contributed by atoms with van der Waals surface area (Å²) in [5.41, 5.74) is 0.168. The highest BCUT2D eigenvalue weighted by molar-refractivity contribution is 7.99. The molecule has 2 heterocycles. The lowest BCUT2D eigenvalue weighted by Gasteiger charge is -2.45. The predicted molar refractivity (Wildman–Crippen MR) is 52.7 cm³/mol. The summed E-state index contributed by atoms with van der Waals surface area (Å²) in [7, 11) is 0. The molecule has 2 nitrogen and oxygen atoms in total. The van der Waals surface area contributed by atoms with Crippen LogP contribution in [-0.4, -0.2) is 36.3 Å². The first kappa shape index (κ1) is 8.85. The molecule has 2 rings (SSSR count). The van der Waals surface area contributed by atoms with Gasteiger partial charge in [-0.3, -0.25) is 0 Å². The van der Waals surface area contributed by atoms with Crippen LogP contribution in [0.5, 0.6) is 0 Å². The first-order chi connectivity index (χ1) is 5.83. The Kier molecular flexibility index (Phi) is 2.63. The first-order valence-electron chi connectivity index (χ1n) is 4.79. The number of morpholine rings is 1. The molecule has 2 aliphatic rings. The molecule has 1 N–H and O–H groups in total. The van der Waals surface area contributed by atoms with Gasteiger partial charge in [0.05, 0.1) is 12.2 Å². The molecule has 2 saturated heterocycles. The summed E-state index contributed by atoms with van der Waals surface area (Å²) >= 11 is 2.04. The zero-order valence-electron chi connectivity index (χ0n) is 7.64. The van der Waals surface area contributed by atoms with Crippen LogP contribution in [0.15, 0.2) is 0 Å². The van der Waals surface area contributed by atoms with E-state index in [2.05, 4.69) is 12.2 Å². The highest BCUT2D eigenvalue weighted by Gasteiger charge is 2.40. The van der Waals surface area contributed by atoms with Crippen molar-refractivity contribution < 1.29 is 4.74 Å². The lowest BCUT2D eigenvalue weighted by molar-refractivity contribution is -0.0826. The Morgan fingerprint density at radius 1 is 1.58 bits per heavy atom. The number of nitrogens with one attached hydrogen (secondary N) is 1. The molecule has 0 saturated carbocycles. The summed E-state index contributed by atoms with van der Waals surface area (Å²) in [4.78, 5) is 0. The van der Waals surface area contributed by atoms with Crippen LogP contribution in [0.1, 0.15) is 19.8 Å². The van der Waals surface area contributed by atoms with Crippen molar-refractivity contribution in [1.29, 1.82) is 0 Å². The van der Waals surface area contributed by atoms with Gasteiger partial charge in [-0.1, -0.05) is 0 Å². The average Bonchev–Trinajstić information content (AvgIpc) is 2.12. The largest absolute Gasteiger partial charge is 0.371 e. The van der Waals surface area contributed by atoms with E-state index in [1.54, 1.807) is 0 Å². The van der Waals surface area contributed by atoms with Crippen molar-refractivity contribution in [2.75, 3.05) is 24.7 Å². The summed E-state index contributed by atoms with van der Waals surface area (Å²) in [5, 5.41) is 3.50. The molecule has 2 atom stereocenters. The zero-order valence-corrected chi connectivity index (χ0v) is 8.45. The minimum absolute atomic E-state index is 0.168. The van der Waals surface area contributed by atoms with Gasteiger partial charge in [0.2, 0.25) is 0 Å². The maximum Gasteiger partial charge on any atom is 0.0922 e. The SMILES string of the molecule is CC1NCCOC12CCCSC2. The Morgan fingerprint density at radius 3 is 3.17 bits per heavy atom. The zero-order chi connectivity index (χ0) is 8.44. The average molecular weight is 187 g/mol. The second kappa shape index (κ2) is 3.56. The van der Waals surface area contributed by atoms with Gasteiger partial charge in [0.15, 0.2) is 0 Å². The van der Waals surface area contributed by atoms with Crippen LogP contribution in [0.2, 0.25) is 0 Å². The van der Waals surface area contributed by atoms with E-state index in [1.807, 2.05) is 11.8 Å². The third-order valence-corrected chi connectivity index (χ3v) is 4.24. The Bertz CT molecular complexity index is 148. The van der Waals surface area contributed by atoms with E-state index in [1.165, 1.54) is 24.3 Å². The summed E-state index contributed by atoms with van der Waals surface area (Å²) < 4.78 is 5.94. The van der Waals surface area contributed by atoms with E-state index in [-0.39, 0.29) is 5.60 Å². The predicted octanol–water partition coefficient (Wildman–Crippen LogP) is 1.26. The normalized spacial score (nSPS) is 43.2. The van der Waals surface area contributed by atoms with Gasteiger partial charge in [-0.25, -0.2) is 0 Å². The molecule has 70 valence electrons. The molecular weight excluding hydrogens is 170 g/mol. The summed E-state index contributed by atoms with van der Waals surface area (Å²) in [6.45, 7) is 4.17. The first-order valence-corrected chi connectivity index (χ1v) is 5.94. The van der Waals surface area contributed by atoms with Gasteiger partial charge in [-0.05, 0) is 25.5 Å². The number of rotatable bonds is 0. The molecule has 0 aromatic heterocycles. The van der Waals surface area contributed by atoms with Crippen LogP contribution in [0.3, 0.4) is 0 Å². The van der Waals surface area contributed by atoms with Crippen LogP contribution >= 0.6 is 11.8 Å². The van der Waals surface area contributed by atoms with Crippen molar-refractivity contribution in [3.63, 3.8) is 0 Å². The molecular formula is C9H17NOS. The smallest absolute Gasteiger partial charge is 0.0922 e. The molecule has 0 aromatic rings. The van der Waals surface area contributed by atoms with E-state index in [0.717, 1.165) is 13.2 Å². The molecule has 12 heavy (non-hydrogen) atoms. The van der Waals surface area contributed by atoms with E-state index < -0.39 is 0 Å². The van der Waals surface area contributed by atoms with Crippen molar-refractivity contribution in [3.05, 3.63) is 0 Å². The highest BCUT2D eigenvalue weighted by atomic mass is 32.2. The quantitative estimate of drug-likeness (QED) is 0.617. The fraction of sp³-hybridized carbons (Fsp3) is 1.00. The topological polar surface area (TPSA) is 21.3 Å². The number of hydrogen-bond donors (Lipinski definition) is 1. The molecule has 0 radical (unpaired) electrons. The maximum atomic E-state index is 5.94. The number of ether oxygens (including phenoxy) is 1. The molecule has 0 amide bonds. The van der Waals surface area contributed by atoms with Gasteiger partial charge >= 0.3 is 0 Å². The van der Waals surface area contributed by atoms with Gasteiger partial charge in [0, 0.05) is 18.3 Å². The van der Waals surface area contributed by atoms with Gasteiger partial charge in [0.25, 0.3) is 0 Å². The van der Waals surface area contributed by atoms with Crippen molar-refractivity contribution in [2.24, 2.45) is 0 Å². The maximum absolute atomic E-state index is 5.94. The molecule has 0 bridgehead atoms. The van der Waals surface area contributed by atoms with E-state index in [0.29, 0.717) is 6.04 Å². The lowest BCUT2D eigenvalue weighted by atomic mass is 9.90. The van der Waals surface area contributed by atoms with Crippen molar-refractivity contribution >= 4 is 11.8 Å². The van der Waals surface area contributed by atoms with E-state index in [4.69, 9.17) is 4.74 Å². The molecule has 2 aliphatic heterocycles. The van der Waals surface area contributed by atoms with E-state index >= 15 is 0 Å². The van der Waals surface area contributed by atoms with E-state index in [9.17, 15) is 0 Å². The third kappa shape index (κ3) is 1.50. The highest BCUT2D eigenvalue weighted by Crippen LogP contribution is 2.34. The summed E-state index contributed by atoms with van der Waals surface area (Å²) in [6.07, 6.45) is 2.56. The van der Waals surface area contributed by atoms with Crippen molar-refractivity contribution in [1.82, 2.24) is 5.32 Å². The molecule has 1 spiro atoms. The lowest BCUT2D eigenvalue weighted by Crippen LogP contribution is -2.59. The minimum Gasteiger partial charge on any atom is -0.371 e. The van der Waals surface area contributed by atoms with Gasteiger partial charge < -0.3 is 10.1 Å². The van der Waals surface area contributed by atoms with Gasteiger partial charge in [-0.15, -0.1) is 0 Å². The van der Waals surface area contributed by atoms with Crippen LogP contribution in [-0.2, 0) is 4.74 Å². The molecule has 3 heteroatoms. The Labute approximate surface area is 78.4 Å². The molecule has 0 aliphatic carbocycles. The molecule has 2 unspecified atom stereocenters. The molecule has 0 aromatic carbocycles. The van der Waals surface area contributed by atoms with Crippen LogP contribution < -0.4 is 5.32 Å². The van der Waals surface area contributed by atoms with Gasteiger partial charge in [-0.2, -0.15) is 11.8 Å². The van der Waals surface area contributed by atoms with Crippen LogP contribution in [0.4, 0.5) is 0 Å². The fourth-order valence-corrected chi connectivity index (χ4v) is 3.40. The third-order valence-electron chi connectivity index (χ3n) is 2.97. The standard InChI is InChI=1S/C9H17NOS/c1-8-9(11-5-4-10-8)3-2-6-12-7-9/h8,10H,2-7H2,1H3. The van der Waals surface area contributed by atoms with Crippen molar-refractivity contribution in [2.45, 2.75) is 31.4 Å². The van der Waals surface area contributed by atoms with Crippen molar-refractivity contribution in [3.8, 4) is 0 Å². The number of hydrogen-bond acceptors (Lipinski definition) is 3. The second-order valence-corrected chi connectivity index (χ2v) is 4.85. The van der Waals surface area contributed by atoms with Gasteiger partial charge in [0.1, 0.15) is 0 Å². The Hall–Kier alpha value is 0.270.